The Balaban J connectivity index is 1.16. The van der Waals surface area contributed by atoms with Crippen LogP contribution in [-0.4, -0.2) is 49.6 Å². The Kier molecular flexibility index (Phi) is 5.65. The highest BCUT2D eigenvalue weighted by Crippen LogP contribution is 2.38. The van der Waals surface area contributed by atoms with E-state index in [-0.39, 0.29) is 30.3 Å². The number of para-hydroxylation sites is 2. The molecule has 0 saturated carbocycles. The molecule has 9 nitrogen and oxygen atoms in total. The third-order valence-corrected chi connectivity index (χ3v) is 8.09. The summed E-state index contributed by atoms with van der Waals surface area (Å²) in [5, 5.41) is 0. The number of benzene rings is 2. The zero-order chi connectivity index (χ0) is 26.5. The van der Waals surface area contributed by atoms with E-state index in [1.165, 1.54) is 0 Å². The molecule has 1 fully saturated rings. The molecule has 0 radical (unpaired) electrons. The monoisotopic (exact) mass is 523 g/mol. The van der Waals surface area contributed by atoms with Gasteiger partial charge in [-0.1, -0.05) is 24.3 Å². The topological polar surface area (TPSA) is 93.9 Å². The second kappa shape index (κ2) is 9.34. The number of aromatic nitrogens is 4. The SMILES string of the molecule is Cc1cccc2ncc(C(CC(=O)N3CCC(n4c(=O)[nH]c5ccccc54)CC3)c3ccc4c(c3)OCO4)n12. The highest BCUT2D eigenvalue weighted by atomic mass is 16.7. The van der Waals surface area contributed by atoms with Crippen LogP contribution in [0.2, 0.25) is 0 Å². The number of carbonyl (C=O) groups is 1. The predicted octanol–water partition coefficient (Wildman–Crippen LogP) is 4.40. The van der Waals surface area contributed by atoms with Gasteiger partial charge >= 0.3 is 5.69 Å². The van der Waals surface area contributed by atoms with Crippen molar-refractivity contribution in [2.75, 3.05) is 19.9 Å². The van der Waals surface area contributed by atoms with Crippen molar-refractivity contribution in [2.24, 2.45) is 0 Å². The maximum atomic E-state index is 13.8. The average Bonchev–Trinajstić information content (AvgIpc) is 3.68. The van der Waals surface area contributed by atoms with Gasteiger partial charge in [-0.15, -0.1) is 0 Å². The van der Waals surface area contributed by atoms with Crippen LogP contribution in [-0.2, 0) is 4.79 Å². The van der Waals surface area contributed by atoms with Crippen LogP contribution in [0.25, 0.3) is 16.7 Å². The van der Waals surface area contributed by atoms with E-state index in [2.05, 4.69) is 14.4 Å². The maximum absolute atomic E-state index is 13.8. The van der Waals surface area contributed by atoms with Crippen molar-refractivity contribution < 1.29 is 14.3 Å². The molecule has 0 aliphatic carbocycles. The number of amides is 1. The number of ether oxygens (including phenoxy) is 2. The van der Waals surface area contributed by atoms with Crippen LogP contribution in [0.1, 0.15) is 48.2 Å². The van der Waals surface area contributed by atoms with Crippen molar-refractivity contribution >= 4 is 22.6 Å². The van der Waals surface area contributed by atoms with E-state index in [0.717, 1.165) is 46.5 Å². The first-order valence-corrected chi connectivity index (χ1v) is 13.4. The number of H-pyrrole nitrogens is 1. The van der Waals surface area contributed by atoms with Gasteiger partial charge in [0, 0.05) is 43.4 Å². The van der Waals surface area contributed by atoms with Gasteiger partial charge in [-0.2, -0.15) is 0 Å². The molecule has 5 aromatic rings. The summed E-state index contributed by atoms with van der Waals surface area (Å²) in [5.41, 5.74) is 5.53. The lowest BCUT2D eigenvalue weighted by Crippen LogP contribution is -2.41. The third kappa shape index (κ3) is 4.05. The smallest absolute Gasteiger partial charge is 0.326 e. The number of nitrogens with zero attached hydrogens (tertiary/aromatic N) is 4. The fourth-order valence-electron chi connectivity index (χ4n) is 6.11. The normalized spacial score (nSPS) is 16.3. The largest absolute Gasteiger partial charge is 0.454 e. The first-order chi connectivity index (χ1) is 19.1. The van der Waals surface area contributed by atoms with E-state index in [1.54, 1.807) is 0 Å². The second-order valence-electron chi connectivity index (χ2n) is 10.3. The standard InChI is InChI=1S/C30H29N5O4/c1-19-5-4-8-28-31-17-25(34(19)28)22(20-9-10-26-27(15-20)39-18-38-26)16-29(36)33-13-11-21(12-14-33)35-24-7-3-2-6-23(24)32-30(35)37/h2-10,15,17,21-22H,11-14,16,18H2,1H3,(H,32,37). The van der Waals surface area contributed by atoms with Gasteiger partial charge in [0.2, 0.25) is 12.7 Å². The van der Waals surface area contributed by atoms with E-state index < -0.39 is 0 Å². The Labute approximate surface area is 224 Å². The summed E-state index contributed by atoms with van der Waals surface area (Å²) < 4.78 is 15.2. The van der Waals surface area contributed by atoms with Crippen molar-refractivity contribution in [3.8, 4) is 11.5 Å². The molecule has 1 amide bonds. The van der Waals surface area contributed by atoms with Crippen molar-refractivity contribution in [3.63, 3.8) is 0 Å². The van der Waals surface area contributed by atoms with Crippen LogP contribution in [0.15, 0.2) is 71.7 Å². The lowest BCUT2D eigenvalue weighted by molar-refractivity contribution is -0.132. The molecule has 2 aliphatic rings. The minimum atomic E-state index is -0.211. The summed E-state index contributed by atoms with van der Waals surface area (Å²) in [6.45, 7) is 3.46. The first kappa shape index (κ1) is 23.6. The quantitative estimate of drug-likeness (QED) is 0.369. The fourth-order valence-corrected chi connectivity index (χ4v) is 6.11. The number of carbonyl (C=O) groups excluding carboxylic acids is 1. The number of hydrogen-bond acceptors (Lipinski definition) is 5. The number of fused-ring (bicyclic) bond motifs is 3. The Hall–Kier alpha value is -4.53. The molecule has 0 spiro atoms. The third-order valence-electron chi connectivity index (χ3n) is 8.09. The molecule has 2 aliphatic heterocycles. The van der Waals surface area contributed by atoms with Gasteiger partial charge in [0.15, 0.2) is 11.5 Å². The van der Waals surface area contributed by atoms with Gasteiger partial charge in [0.05, 0.1) is 16.7 Å². The van der Waals surface area contributed by atoms with Crippen molar-refractivity contribution in [1.82, 2.24) is 23.8 Å². The highest BCUT2D eigenvalue weighted by Gasteiger charge is 2.30. The van der Waals surface area contributed by atoms with Crippen molar-refractivity contribution in [2.45, 2.75) is 38.1 Å². The van der Waals surface area contributed by atoms with Crippen LogP contribution >= 0.6 is 0 Å². The van der Waals surface area contributed by atoms with Gasteiger partial charge in [0.25, 0.3) is 0 Å². The molecule has 3 aromatic heterocycles. The molecule has 1 atom stereocenters. The summed E-state index contributed by atoms with van der Waals surface area (Å²) in [6, 6.07) is 19.7. The number of rotatable bonds is 5. The number of likely N-dealkylation sites (tertiary alicyclic amines) is 1. The highest BCUT2D eigenvalue weighted by molar-refractivity contribution is 5.78. The van der Waals surface area contributed by atoms with Crippen LogP contribution in [0.3, 0.4) is 0 Å². The van der Waals surface area contributed by atoms with Crippen LogP contribution in [0.5, 0.6) is 11.5 Å². The number of aromatic amines is 1. The Morgan fingerprint density at radius 2 is 1.87 bits per heavy atom. The zero-order valence-corrected chi connectivity index (χ0v) is 21.7. The molecule has 1 saturated heterocycles. The maximum Gasteiger partial charge on any atom is 0.326 e. The van der Waals surface area contributed by atoms with Crippen molar-refractivity contribution in [1.29, 1.82) is 0 Å². The van der Waals surface area contributed by atoms with Crippen LogP contribution < -0.4 is 15.2 Å². The molecule has 1 N–H and O–H groups in total. The summed E-state index contributed by atoms with van der Waals surface area (Å²) >= 11 is 0. The van der Waals surface area contributed by atoms with E-state index in [0.29, 0.717) is 31.0 Å². The molecular weight excluding hydrogens is 494 g/mol. The Morgan fingerprint density at radius 3 is 2.74 bits per heavy atom. The predicted molar refractivity (Wildman–Crippen MR) is 146 cm³/mol. The van der Waals surface area contributed by atoms with Gasteiger partial charge in [-0.25, -0.2) is 9.78 Å². The summed E-state index contributed by atoms with van der Waals surface area (Å²) in [7, 11) is 0. The number of piperidine rings is 1. The van der Waals surface area contributed by atoms with Crippen LogP contribution in [0, 0.1) is 6.92 Å². The number of nitrogens with one attached hydrogen (secondary N) is 1. The number of pyridine rings is 1. The van der Waals surface area contributed by atoms with Crippen LogP contribution in [0.4, 0.5) is 0 Å². The van der Waals surface area contributed by atoms with Gasteiger partial charge < -0.3 is 23.8 Å². The van der Waals surface area contributed by atoms with Crippen molar-refractivity contribution in [3.05, 3.63) is 94.3 Å². The number of hydrogen-bond donors (Lipinski definition) is 1. The minimum absolute atomic E-state index is 0.0591. The molecule has 9 heteroatoms. The van der Waals surface area contributed by atoms with E-state index >= 15 is 0 Å². The lowest BCUT2D eigenvalue weighted by Gasteiger charge is -2.33. The Morgan fingerprint density at radius 1 is 1.05 bits per heavy atom. The number of aryl methyl sites for hydroxylation is 1. The molecule has 1 unspecified atom stereocenters. The molecular formula is C30H29N5O4. The summed E-state index contributed by atoms with van der Waals surface area (Å²) in [4.78, 5) is 36.0. The molecule has 198 valence electrons. The van der Waals surface area contributed by atoms with E-state index in [9.17, 15) is 9.59 Å². The fraction of sp³-hybridized carbons (Fsp3) is 0.300. The van der Waals surface area contributed by atoms with Gasteiger partial charge in [0.1, 0.15) is 5.65 Å². The number of imidazole rings is 2. The zero-order valence-electron chi connectivity index (χ0n) is 21.7. The molecule has 0 bridgehead atoms. The second-order valence-corrected chi connectivity index (χ2v) is 10.3. The van der Waals surface area contributed by atoms with E-state index in [1.807, 2.05) is 83.3 Å². The lowest BCUT2D eigenvalue weighted by atomic mass is 9.91. The molecule has 5 heterocycles. The molecule has 7 rings (SSSR count). The summed E-state index contributed by atoms with van der Waals surface area (Å²) in [5.74, 6) is 1.29. The van der Waals surface area contributed by atoms with E-state index in [4.69, 9.17) is 9.47 Å². The summed E-state index contributed by atoms with van der Waals surface area (Å²) in [6.07, 6.45) is 3.65. The Bertz CT molecular complexity index is 1760. The van der Waals surface area contributed by atoms with Gasteiger partial charge in [-0.05, 0) is 61.7 Å². The van der Waals surface area contributed by atoms with Gasteiger partial charge in [-0.3, -0.25) is 9.36 Å². The molecule has 39 heavy (non-hydrogen) atoms. The molecule has 2 aromatic carbocycles. The average molecular weight is 524 g/mol. The minimum Gasteiger partial charge on any atom is -0.454 e. The first-order valence-electron chi connectivity index (χ1n) is 13.4.